The molecule has 5 heteroatoms. The minimum absolute atomic E-state index is 0.362. The minimum atomic E-state index is -0.362. The highest BCUT2D eigenvalue weighted by Crippen LogP contribution is 2.19. The van der Waals surface area contributed by atoms with Crippen LogP contribution in [0.1, 0.15) is 22.9 Å². The molecule has 0 aliphatic rings. The number of hydrogen-bond donors (Lipinski definition) is 0. The molecule has 3 heterocycles. The van der Waals surface area contributed by atoms with Gasteiger partial charge in [0.2, 0.25) is 0 Å². The highest BCUT2D eigenvalue weighted by atomic mass is 16.3. The fraction of sp³-hybridized carbons (Fsp3) is 0.0667. The summed E-state index contributed by atoms with van der Waals surface area (Å²) in [6.45, 7) is 0. The molecule has 0 fully saturated rings. The van der Waals surface area contributed by atoms with Crippen LogP contribution in [0, 0.1) is 0 Å². The van der Waals surface area contributed by atoms with E-state index in [9.17, 15) is 0 Å². The number of rotatable bonds is 5. The second-order valence-corrected chi connectivity index (χ2v) is 4.10. The first kappa shape index (κ1) is 12.2. The molecule has 3 rings (SSSR count). The molecule has 0 aromatic carbocycles. The van der Waals surface area contributed by atoms with E-state index in [0.717, 1.165) is 16.7 Å². The molecule has 20 heavy (non-hydrogen) atoms. The van der Waals surface area contributed by atoms with E-state index in [-0.39, 0.29) is 6.17 Å². The zero-order valence-electron chi connectivity index (χ0n) is 10.5. The Hall–Kier alpha value is -2.82. The summed E-state index contributed by atoms with van der Waals surface area (Å²) in [6, 6.07) is 5.50. The van der Waals surface area contributed by atoms with Gasteiger partial charge >= 0.3 is 0 Å². The zero-order valence-corrected chi connectivity index (χ0v) is 10.5. The van der Waals surface area contributed by atoms with Crippen molar-refractivity contribution < 1.29 is 13.3 Å². The van der Waals surface area contributed by atoms with Crippen LogP contribution in [-0.2, 0) is 0 Å². The predicted molar refractivity (Wildman–Crippen MR) is 74.1 cm³/mol. The Labute approximate surface area is 115 Å². The minimum Gasteiger partial charge on any atom is -0.472 e. The van der Waals surface area contributed by atoms with Crippen LogP contribution in [0.15, 0.2) is 79.0 Å². The van der Waals surface area contributed by atoms with E-state index in [1.807, 2.05) is 18.2 Å². The molecule has 0 radical (unpaired) electrons. The Balaban J connectivity index is 1.81. The number of furan rings is 3. The zero-order chi connectivity index (χ0) is 13.6. The van der Waals surface area contributed by atoms with Gasteiger partial charge in [0, 0.05) is 29.1 Å². The summed E-state index contributed by atoms with van der Waals surface area (Å²) in [5.74, 6) is 0. The molecule has 5 nitrogen and oxygen atoms in total. The molecule has 100 valence electrons. The quantitative estimate of drug-likeness (QED) is 0.663. The molecule has 0 spiro atoms. The molecule has 0 amide bonds. The molecular formula is C15H12N2O3. The van der Waals surface area contributed by atoms with E-state index in [0.29, 0.717) is 0 Å². The first-order chi connectivity index (χ1) is 9.92. The average Bonchev–Trinajstić information content (AvgIpc) is 3.22. The molecule has 0 atom stereocenters. The smallest absolute Gasteiger partial charge is 0.168 e. The van der Waals surface area contributed by atoms with Crippen LogP contribution in [0.3, 0.4) is 0 Å². The molecule has 0 bridgehead atoms. The van der Waals surface area contributed by atoms with Crippen molar-refractivity contribution in [2.75, 3.05) is 0 Å². The second kappa shape index (κ2) is 5.88. The van der Waals surface area contributed by atoms with Crippen LogP contribution in [0.25, 0.3) is 0 Å². The average molecular weight is 268 g/mol. The van der Waals surface area contributed by atoms with E-state index < -0.39 is 0 Å². The second-order valence-electron chi connectivity index (χ2n) is 4.10. The lowest BCUT2D eigenvalue weighted by atomic mass is 10.2. The van der Waals surface area contributed by atoms with Crippen molar-refractivity contribution >= 4 is 12.4 Å². The molecule has 3 aromatic rings. The first-order valence-corrected chi connectivity index (χ1v) is 6.05. The Morgan fingerprint density at radius 2 is 1.30 bits per heavy atom. The summed E-state index contributed by atoms with van der Waals surface area (Å²) in [5, 5.41) is 0. The third-order valence-corrected chi connectivity index (χ3v) is 2.66. The maximum Gasteiger partial charge on any atom is 0.168 e. The van der Waals surface area contributed by atoms with Crippen LogP contribution < -0.4 is 0 Å². The van der Waals surface area contributed by atoms with Crippen molar-refractivity contribution in [3.8, 4) is 0 Å². The molecule has 0 aliphatic carbocycles. The Bertz CT molecular complexity index is 621. The van der Waals surface area contributed by atoms with E-state index in [1.165, 1.54) is 0 Å². The maximum atomic E-state index is 5.08. The van der Waals surface area contributed by atoms with Gasteiger partial charge in [0.25, 0.3) is 0 Å². The van der Waals surface area contributed by atoms with Crippen LogP contribution in [0.5, 0.6) is 0 Å². The van der Waals surface area contributed by atoms with Crippen LogP contribution in [-0.4, -0.2) is 12.4 Å². The third-order valence-electron chi connectivity index (χ3n) is 2.66. The van der Waals surface area contributed by atoms with Crippen molar-refractivity contribution in [3.05, 3.63) is 72.5 Å². The third kappa shape index (κ3) is 2.95. The van der Waals surface area contributed by atoms with Crippen molar-refractivity contribution in [1.29, 1.82) is 0 Å². The SMILES string of the molecule is C(=NC(N=Cc1ccoc1)c1ccoc1)c1ccoc1. The van der Waals surface area contributed by atoms with Gasteiger partial charge in [0.1, 0.15) is 0 Å². The van der Waals surface area contributed by atoms with Crippen LogP contribution in [0.4, 0.5) is 0 Å². The molecule has 3 aromatic heterocycles. The number of nitrogens with zero attached hydrogens (tertiary/aromatic N) is 2. The summed E-state index contributed by atoms with van der Waals surface area (Å²) >= 11 is 0. The lowest BCUT2D eigenvalue weighted by Crippen LogP contribution is -1.92. The Morgan fingerprint density at radius 1 is 0.750 bits per heavy atom. The summed E-state index contributed by atoms with van der Waals surface area (Å²) in [4.78, 5) is 8.87. The molecule has 0 aliphatic heterocycles. The fourth-order valence-corrected chi connectivity index (χ4v) is 1.64. The highest BCUT2D eigenvalue weighted by molar-refractivity contribution is 5.80. The van der Waals surface area contributed by atoms with E-state index in [2.05, 4.69) is 9.98 Å². The van der Waals surface area contributed by atoms with Crippen molar-refractivity contribution in [2.24, 2.45) is 9.98 Å². The van der Waals surface area contributed by atoms with Crippen molar-refractivity contribution in [3.63, 3.8) is 0 Å². The standard InChI is InChI=1S/C15H12N2O3/c1-4-18-9-12(1)7-16-15(14-3-6-20-11-14)17-8-13-2-5-19-10-13/h1-11,15H. The van der Waals surface area contributed by atoms with Gasteiger partial charge in [-0.1, -0.05) is 0 Å². The summed E-state index contributed by atoms with van der Waals surface area (Å²) in [7, 11) is 0. The van der Waals surface area contributed by atoms with Crippen LogP contribution >= 0.6 is 0 Å². The molecule has 0 saturated heterocycles. The number of hydrogen-bond acceptors (Lipinski definition) is 5. The predicted octanol–water partition coefficient (Wildman–Crippen LogP) is 3.70. The van der Waals surface area contributed by atoms with Gasteiger partial charge in [0.05, 0.1) is 37.6 Å². The van der Waals surface area contributed by atoms with Gasteiger partial charge in [-0.05, 0) is 18.2 Å². The van der Waals surface area contributed by atoms with E-state index in [4.69, 9.17) is 13.3 Å². The summed E-state index contributed by atoms with van der Waals surface area (Å²) < 4.78 is 15.1. The van der Waals surface area contributed by atoms with Gasteiger partial charge in [-0.15, -0.1) is 0 Å². The topological polar surface area (TPSA) is 64.1 Å². The summed E-state index contributed by atoms with van der Waals surface area (Å²) in [6.07, 6.45) is 12.7. The maximum absolute atomic E-state index is 5.08. The van der Waals surface area contributed by atoms with Crippen LogP contribution in [0.2, 0.25) is 0 Å². The molecule has 0 N–H and O–H groups in total. The Kier molecular flexibility index (Phi) is 3.59. The van der Waals surface area contributed by atoms with Gasteiger partial charge in [-0.3, -0.25) is 9.98 Å². The first-order valence-electron chi connectivity index (χ1n) is 6.05. The molecule has 0 unspecified atom stereocenters. The normalized spacial score (nSPS) is 13.4. The molecule has 0 saturated carbocycles. The lowest BCUT2D eigenvalue weighted by Gasteiger charge is -2.03. The molecular weight excluding hydrogens is 256 g/mol. The van der Waals surface area contributed by atoms with E-state index in [1.54, 1.807) is 50.0 Å². The van der Waals surface area contributed by atoms with Crippen molar-refractivity contribution in [2.45, 2.75) is 6.17 Å². The Morgan fingerprint density at radius 3 is 1.75 bits per heavy atom. The summed E-state index contributed by atoms with van der Waals surface area (Å²) in [5.41, 5.74) is 2.65. The van der Waals surface area contributed by atoms with E-state index >= 15 is 0 Å². The lowest BCUT2D eigenvalue weighted by molar-refractivity contribution is 0.560. The number of aliphatic imine (C=N–C) groups is 2. The monoisotopic (exact) mass is 268 g/mol. The van der Waals surface area contributed by atoms with Gasteiger partial charge in [-0.25, -0.2) is 0 Å². The fourth-order valence-electron chi connectivity index (χ4n) is 1.64. The van der Waals surface area contributed by atoms with Crippen molar-refractivity contribution in [1.82, 2.24) is 0 Å². The van der Waals surface area contributed by atoms with Gasteiger partial charge in [0.15, 0.2) is 6.17 Å². The van der Waals surface area contributed by atoms with Gasteiger partial charge < -0.3 is 13.3 Å². The highest BCUT2D eigenvalue weighted by Gasteiger charge is 2.08. The van der Waals surface area contributed by atoms with Gasteiger partial charge in [-0.2, -0.15) is 0 Å². The largest absolute Gasteiger partial charge is 0.472 e.